The van der Waals surface area contributed by atoms with E-state index in [1.807, 2.05) is 6.20 Å². The Morgan fingerprint density at radius 3 is 2.50 bits per heavy atom. The van der Waals surface area contributed by atoms with Crippen molar-refractivity contribution in [1.82, 2.24) is 4.98 Å². The number of nitrogens with zero attached hydrogens (tertiary/aromatic N) is 1. The molecular weight excluding hydrogens is 314 g/mol. The van der Waals surface area contributed by atoms with Crippen molar-refractivity contribution in [2.45, 2.75) is 18.3 Å². The highest BCUT2D eigenvalue weighted by Crippen LogP contribution is 2.70. The zero-order chi connectivity index (χ0) is 17.4. The van der Waals surface area contributed by atoms with Crippen LogP contribution in [0.3, 0.4) is 0 Å². The van der Waals surface area contributed by atoms with E-state index in [0.717, 1.165) is 5.69 Å². The van der Waals surface area contributed by atoms with E-state index in [-0.39, 0.29) is 10.8 Å². The summed E-state index contributed by atoms with van der Waals surface area (Å²) >= 11 is 0. The smallest absolute Gasteiger partial charge is 0.0750 e. The summed E-state index contributed by atoms with van der Waals surface area (Å²) in [6.45, 7) is 2.43. The van der Waals surface area contributed by atoms with Gasteiger partial charge in [-0.25, -0.2) is 0 Å². The van der Waals surface area contributed by atoms with Crippen molar-refractivity contribution in [2.75, 3.05) is 0 Å². The van der Waals surface area contributed by atoms with Gasteiger partial charge in [0.05, 0.1) is 11.1 Å². The highest BCUT2D eigenvalue weighted by Gasteiger charge is 2.63. The Hall–Kier alpha value is -2.93. The molecule has 6 rings (SSSR count). The Bertz CT molecular complexity index is 1070. The van der Waals surface area contributed by atoms with Gasteiger partial charge in [0, 0.05) is 23.1 Å². The number of allylic oxidation sites excluding steroid dienone is 4. The lowest BCUT2D eigenvalue weighted by molar-refractivity contribution is 0.293. The Kier molecular flexibility index (Phi) is 2.53. The van der Waals surface area contributed by atoms with Gasteiger partial charge in [0.2, 0.25) is 0 Å². The van der Waals surface area contributed by atoms with E-state index in [1.165, 1.54) is 27.8 Å². The van der Waals surface area contributed by atoms with Crippen molar-refractivity contribution in [2.24, 2.45) is 5.41 Å². The zero-order valence-corrected chi connectivity index (χ0v) is 14.7. The minimum Gasteiger partial charge on any atom is -0.256 e. The number of hydrogen-bond acceptors (Lipinski definition) is 1. The summed E-state index contributed by atoms with van der Waals surface area (Å²) in [5.74, 6) is 0.378. The first kappa shape index (κ1) is 14.3. The maximum Gasteiger partial charge on any atom is 0.0750 e. The van der Waals surface area contributed by atoms with Crippen LogP contribution in [0.4, 0.5) is 0 Å². The van der Waals surface area contributed by atoms with Crippen molar-refractivity contribution in [1.29, 1.82) is 0 Å². The molecule has 3 atom stereocenters. The van der Waals surface area contributed by atoms with Gasteiger partial charge in [-0.1, -0.05) is 85.8 Å². The minimum atomic E-state index is -0.185. The lowest BCUT2D eigenvalue weighted by Gasteiger charge is -2.45. The van der Waals surface area contributed by atoms with Crippen LogP contribution in [0.1, 0.15) is 35.1 Å². The molecule has 124 valence electrons. The predicted molar refractivity (Wildman–Crippen MR) is 105 cm³/mol. The van der Waals surface area contributed by atoms with Gasteiger partial charge >= 0.3 is 0 Å². The maximum absolute atomic E-state index is 4.82. The van der Waals surface area contributed by atoms with Crippen molar-refractivity contribution in [3.63, 3.8) is 0 Å². The lowest BCUT2D eigenvalue weighted by Crippen LogP contribution is -2.42. The molecule has 3 unspecified atom stereocenters. The molecule has 3 aromatic rings. The second-order valence-electron chi connectivity index (χ2n) is 7.79. The predicted octanol–water partition coefficient (Wildman–Crippen LogP) is 5.63. The molecule has 0 N–H and O–H groups in total. The number of benzene rings is 2. The molecule has 1 heterocycles. The third kappa shape index (κ3) is 1.36. The van der Waals surface area contributed by atoms with E-state index in [2.05, 4.69) is 91.9 Å². The van der Waals surface area contributed by atoms with Crippen LogP contribution < -0.4 is 0 Å². The largest absolute Gasteiger partial charge is 0.256 e. The number of fused-ring (bicyclic) bond motifs is 10. The molecule has 26 heavy (non-hydrogen) atoms. The molecule has 0 radical (unpaired) electrons. The normalized spacial score (nSPS) is 29.3. The molecule has 0 bridgehead atoms. The maximum atomic E-state index is 4.82. The van der Waals surface area contributed by atoms with Crippen LogP contribution in [0.15, 0.2) is 91.2 Å². The van der Waals surface area contributed by atoms with Gasteiger partial charge in [0.25, 0.3) is 0 Å². The average Bonchev–Trinajstić information content (AvgIpc) is 3.13. The molecule has 0 aliphatic heterocycles. The summed E-state index contributed by atoms with van der Waals surface area (Å²) in [5.41, 5.74) is 7.81. The zero-order valence-electron chi connectivity index (χ0n) is 14.7. The quantitative estimate of drug-likeness (QED) is 0.520. The Morgan fingerprint density at radius 2 is 1.58 bits per heavy atom. The van der Waals surface area contributed by atoms with Gasteiger partial charge in [-0.05, 0) is 28.3 Å². The summed E-state index contributed by atoms with van der Waals surface area (Å²) in [5, 5.41) is 0. The van der Waals surface area contributed by atoms with Crippen LogP contribution in [-0.4, -0.2) is 4.98 Å². The summed E-state index contributed by atoms with van der Waals surface area (Å²) in [6.07, 6.45) is 11.2. The molecule has 0 amide bonds. The third-order valence-corrected chi connectivity index (χ3v) is 6.81. The van der Waals surface area contributed by atoms with E-state index in [0.29, 0.717) is 5.92 Å². The molecule has 3 aliphatic rings. The fourth-order valence-corrected chi connectivity index (χ4v) is 5.87. The summed E-state index contributed by atoms with van der Waals surface area (Å²) in [7, 11) is 0. The van der Waals surface area contributed by atoms with Crippen molar-refractivity contribution >= 4 is 0 Å². The highest BCUT2D eigenvalue weighted by molar-refractivity contribution is 5.84. The second kappa shape index (κ2) is 4.62. The van der Waals surface area contributed by atoms with E-state index in [1.54, 1.807) is 0 Å². The molecular formula is C25H19N. The Labute approximate surface area is 153 Å². The van der Waals surface area contributed by atoms with Gasteiger partial charge < -0.3 is 0 Å². The first-order chi connectivity index (χ1) is 12.8. The SMILES string of the molecule is CC12C=CC=CC1c1ccccc1C21c2ccccc2-c2ncccc21. The van der Waals surface area contributed by atoms with Gasteiger partial charge in [-0.15, -0.1) is 0 Å². The Balaban J connectivity index is 1.85. The van der Waals surface area contributed by atoms with Crippen LogP contribution in [0.5, 0.6) is 0 Å². The van der Waals surface area contributed by atoms with Gasteiger partial charge in [-0.3, -0.25) is 4.98 Å². The van der Waals surface area contributed by atoms with Crippen LogP contribution in [0.25, 0.3) is 11.3 Å². The van der Waals surface area contributed by atoms with Crippen LogP contribution >= 0.6 is 0 Å². The number of pyridine rings is 1. The second-order valence-corrected chi connectivity index (χ2v) is 7.79. The van der Waals surface area contributed by atoms with Gasteiger partial charge in [0.1, 0.15) is 0 Å². The van der Waals surface area contributed by atoms with Crippen molar-refractivity contribution in [3.8, 4) is 11.3 Å². The minimum absolute atomic E-state index is 0.0458. The van der Waals surface area contributed by atoms with Crippen LogP contribution in [-0.2, 0) is 5.41 Å². The Morgan fingerprint density at radius 1 is 0.808 bits per heavy atom. The summed E-state index contributed by atoms with van der Waals surface area (Å²) < 4.78 is 0. The first-order valence-corrected chi connectivity index (χ1v) is 9.29. The summed E-state index contributed by atoms with van der Waals surface area (Å²) in [6, 6.07) is 22.2. The third-order valence-electron chi connectivity index (χ3n) is 6.81. The van der Waals surface area contributed by atoms with E-state index in [9.17, 15) is 0 Å². The van der Waals surface area contributed by atoms with Crippen molar-refractivity contribution < 1.29 is 0 Å². The molecule has 0 fully saturated rings. The molecule has 0 saturated carbocycles. The molecule has 3 aliphatic carbocycles. The molecule has 2 aromatic carbocycles. The van der Waals surface area contributed by atoms with Gasteiger partial charge in [-0.2, -0.15) is 0 Å². The molecule has 1 heteroatoms. The topological polar surface area (TPSA) is 12.9 Å². The molecule has 1 nitrogen and oxygen atoms in total. The fourth-order valence-electron chi connectivity index (χ4n) is 5.87. The number of aromatic nitrogens is 1. The lowest BCUT2D eigenvalue weighted by atomic mass is 9.56. The van der Waals surface area contributed by atoms with E-state index < -0.39 is 0 Å². The highest BCUT2D eigenvalue weighted by atomic mass is 14.7. The van der Waals surface area contributed by atoms with E-state index in [4.69, 9.17) is 4.98 Å². The fraction of sp³-hybridized carbons (Fsp3) is 0.160. The van der Waals surface area contributed by atoms with E-state index >= 15 is 0 Å². The number of rotatable bonds is 0. The molecule has 1 aromatic heterocycles. The molecule has 1 spiro atoms. The van der Waals surface area contributed by atoms with Crippen molar-refractivity contribution in [3.05, 3.63) is 113 Å². The number of hydrogen-bond donors (Lipinski definition) is 0. The molecule has 0 saturated heterocycles. The van der Waals surface area contributed by atoms with Crippen LogP contribution in [0.2, 0.25) is 0 Å². The average molecular weight is 333 g/mol. The first-order valence-electron chi connectivity index (χ1n) is 9.29. The monoisotopic (exact) mass is 333 g/mol. The standard InChI is InChI=1S/C25H19N/c1-24-15-7-6-11-19(24)17-9-2-4-12-20(17)25(24)21-13-5-3-10-18(21)23-22(25)14-8-16-26-23/h2-16,19H,1H3. The summed E-state index contributed by atoms with van der Waals surface area (Å²) in [4.78, 5) is 4.82. The van der Waals surface area contributed by atoms with Crippen LogP contribution in [0, 0.1) is 5.41 Å². The van der Waals surface area contributed by atoms with Gasteiger partial charge in [0.15, 0.2) is 0 Å².